The molecule has 11 heteroatoms. The van der Waals surface area contributed by atoms with E-state index in [1.165, 1.54) is 18.9 Å². The monoisotopic (exact) mass is 481 g/mol. The Morgan fingerprint density at radius 2 is 1.91 bits per heavy atom. The number of thioether (sulfide) groups is 1. The minimum absolute atomic E-state index is 0.0476. The number of aromatic nitrogens is 3. The molecular weight excluding hydrogens is 458 g/mol. The van der Waals surface area contributed by atoms with Gasteiger partial charge in [-0.1, -0.05) is 36.0 Å². The van der Waals surface area contributed by atoms with Crippen molar-refractivity contribution in [3.05, 3.63) is 59.9 Å². The van der Waals surface area contributed by atoms with E-state index in [9.17, 15) is 14.4 Å². The summed E-state index contributed by atoms with van der Waals surface area (Å²) in [7, 11) is 3.07. The van der Waals surface area contributed by atoms with Crippen LogP contribution in [0.15, 0.2) is 53.7 Å². The third-order valence-electron chi connectivity index (χ3n) is 5.31. The van der Waals surface area contributed by atoms with Crippen molar-refractivity contribution >= 4 is 40.9 Å². The standard InChI is InChI=1S/C23H23N5O5S/c1-14(28-17-10-6-7-11-18(17)33-12-20(28)30)21-25-26-23(27(21)2)34-13-19(29)24-16-9-5-4-8-15(16)22(31)32-3/h4-11,14H,12-13H2,1-3H3,(H,24,29)/t14-/m1/s1. The number of hydrogen-bond acceptors (Lipinski definition) is 8. The quantitative estimate of drug-likeness (QED) is 0.405. The van der Waals surface area contributed by atoms with Crippen molar-refractivity contribution in [2.45, 2.75) is 18.1 Å². The molecule has 1 aromatic heterocycles. The maximum atomic E-state index is 12.6. The second-order valence-electron chi connectivity index (χ2n) is 7.47. The number of benzene rings is 2. The molecule has 1 N–H and O–H groups in total. The molecule has 0 radical (unpaired) electrons. The topological polar surface area (TPSA) is 116 Å². The maximum Gasteiger partial charge on any atom is 0.339 e. The van der Waals surface area contributed by atoms with Gasteiger partial charge < -0.3 is 19.4 Å². The first-order valence-electron chi connectivity index (χ1n) is 10.4. The summed E-state index contributed by atoms with van der Waals surface area (Å²) < 4.78 is 12.0. The molecule has 0 saturated carbocycles. The molecule has 0 bridgehead atoms. The molecule has 1 aliphatic rings. The first-order chi connectivity index (χ1) is 16.4. The van der Waals surface area contributed by atoms with Gasteiger partial charge in [0.05, 0.1) is 35.8 Å². The number of amides is 2. The lowest BCUT2D eigenvalue weighted by Gasteiger charge is -2.33. The van der Waals surface area contributed by atoms with Crippen LogP contribution in [0.3, 0.4) is 0 Å². The van der Waals surface area contributed by atoms with Gasteiger partial charge in [0.2, 0.25) is 5.91 Å². The summed E-state index contributed by atoms with van der Waals surface area (Å²) in [6, 6.07) is 13.6. The van der Waals surface area contributed by atoms with Gasteiger partial charge in [-0.05, 0) is 31.2 Å². The van der Waals surface area contributed by atoms with E-state index in [1.54, 1.807) is 40.8 Å². The fourth-order valence-corrected chi connectivity index (χ4v) is 4.39. The van der Waals surface area contributed by atoms with E-state index < -0.39 is 12.0 Å². The van der Waals surface area contributed by atoms with Crippen molar-refractivity contribution < 1.29 is 23.9 Å². The Balaban J connectivity index is 1.45. The van der Waals surface area contributed by atoms with Crippen LogP contribution in [-0.4, -0.2) is 52.0 Å². The summed E-state index contributed by atoms with van der Waals surface area (Å²) >= 11 is 1.20. The summed E-state index contributed by atoms with van der Waals surface area (Å²) in [5, 5.41) is 11.7. The van der Waals surface area contributed by atoms with Crippen LogP contribution < -0.4 is 15.0 Å². The summed E-state index contributed by atoms with van der Waals surface area (Å²) in [6.45, 7) is 1.82. The van der Waals surface area contributed by atoms with Crippen LogP contribution in [0.2, 0.25) is 0 Å². The Bertz CT molecular complexity index is 1240. The van der Waals surface area contributed by atoms with E-state index in [0.29, 0.717) is 28.1 Å². The lowest BCUT2D eigenvalue weighted by Crippen LogP contribution is -2.41. The van der Waals surface area contributed by atoms with Crippen molar-refractivity contribution in [2.24, 2.45) is 7.05 Å². The number of carbonyl (C=O) groups is 3. The molecule has 2 heterocycles. The van der Waals surface area contributed by atoms with E-state index in [2.05, 4.69) is 15.5 Å². The van der Waals surface area contributed by atoms with Gasteiger partial charge >= 0.3 is 5.97 Å². The van der Waals surface area contributed by atoms with Crippen LogP contribution in [0.4, 0.5) is 11.4 Å². The molecule has 2 aromatic carbocycles. The zero-order valence-corrected chi connectivity index (χ0v) is 19.7. The van der Waals surface area contributed by atoms with Gasteiger partial charge in [0.25, 0.3) is 5.91 Å². The highest BCUT2D eigenvalue weighted by molar-refractivity contribution is 7.99. The molecule has 1 atom stereocenters. The number of nitrogens with one attached hydrogen (secondary N) is 1. The normalized spacial score (nSPS) is 13.6. The highest BCUT2D eigenvalue weighted by atomic mass is 32.2. The number of nitrogens with zero attached hydrogens (tertiary/aromatic N) is 4. The highest BCUT2D eigenvalue weighted by Crippen LogP contribution is 2.37. The Labute approximate surface area is 200 Å². The average molecular weight is 482 g/mol. The fourth-order valence-electron chi connectivity index (χ4n) is 3.67. The molecule has 34 heavy (non-hydrogen) atoms. The zero-order valence-electron chi connectivity index (χ0n) is 18.8. The number of rotatable bonds is 7. The molecule has 0 fully saturated rings. The summed E-state index contributed by atoms with van der Waals surface area (Å²) in [6.07, 6.45) is 0. The van der Waals surface area contributed by atoms with Crippen LogP contribution >= 0.6 is 11.8 Å². The number of para-hydroxylation sites is 3. The molecule has 0 saturated heterocycles. The average Bonchev–Trinajstić information content (AvgIpc) is 3.22. The van der Waals surface area contributed by atoms with Crippen molar-refractivity contribution in [1.29, 1.82) is 0 Å². The first-order valence-corrected chi connectivity index (χ1v) is 11.4. The number of hydrogen-bond donors (Lipinski definition) is 1. The molecule has 0 unspecified atom stereocenters. The molecule has 3 aromatic rings. The smallest absolute Gasteiger partial charge is 0.339 e. The van der Waals surface area contributed by atoms with Crippen molar-refractivity contribution in [2.75, 3.05) is 29.7 Å². The molecule has 2 amide bonds. The van der Waals surface area contributed by atoms with Crippen LogP contribution in [0.1, 0.15) is 29.1 Å². The van der Waals surface area contributed by atoms with Crippen LogP contribution in [0, 0.1) is 0 Å². The Hall–Kier alpha value is -3.86. The van der Waals surface area contributed by atoms with Crippen LogP contribution in [0.5, 0.6) is 5.75 Å². The minimum Gasteiger partial charge on any atom is -0.482 e. The molecule has 0 aliphatic carbocycles. The van der Waals surface area contributed by atoms with E-state index in [-0.39, 0.29) is 29.7 Å². The predicted molar refractivity (Wildman–Crippen MR) is 126 cm³/mol. The lowest BCUT2D eigenvalue weighted by molar-refractivity contribution is -0.121. The highest BCUT2D eigenvalue weighted by Gasteiger charge is 2.32. The van der Waals surface area contributed by atoms with Gasteiger partial charge in [0.15, 0.2) is 17.6 Å². The van der Waals surface area contributed by atoms with Crippen molar-refractivity contribution in [1.82, 2.24) is 14.8 Å². The SMILES string of the molecule is COC(=O)c1ccccc1NC(=O)CSc1nnc([C@@H](C)N2C(=O)COc3ccccc32)n1C. The molecule has 1 aliphatic heterocycles. The number of methoxy groups -OCH3 is 1. The van der Waals surface area contributed by atoms with Crippen LogP contribution in [-0.2, 0) is 21.4 Å². The van der Waals surface area contributed by atoms with Crippen LogP contribution in [0.25, 0.3) is 0 Å². The minimum atomic E-state index is -0.533. The third kappa shape index (κ3) is 4.60. The van der Waals surface area contributed by atoms with Gasteiger partial charge in [0, 0.05) is 7.05 Å². The molecule has 4 rings (SSSR count). The summed E-state index contributed by atoms with van der Waals surface area (Å²) in [5.41, 5.74) is 1.32. The van der Waals surface area contributed by atoms with Gasteiger partial charge in [-0.3, -0.25) is 14.5 Å². The molecule has 10 nitrogen and oxygen atoms in total. The maximum absolute atomic E-state index is 12.6. The third-order valence-corrected chi connectivity index (χ3v) is 6.33. The number of ether oxygens (including phenoxy) is 2. The first kappa shape index (κ1) is 23.3. The lowest BCUT2D eigenvalue weighted by atomic mass is 10.1. The Morgan fingerprint density at radius 1 is 1.18 bits per heavy atom. The Morgan fingerprint density at radius 3 is 2.71 bits per heavy atom. The molecule has 176 valence electrons. The predicted octanol–water partition coefficient (Wildman–Crippen LogP) is 2.82. The largest absolute Gasteiger partial charge is 0.482 e. The second-order valence-corrected chi connectivity index (χ2v) is 8.41. The Kier molecular flexibility index (Phi) is 6.82. The van der Waals surface area contributed by atoms with E-state index in [0.717, 1.165) is 0 Å². The summed E-state index contributed by atoms with van der Waals surface area (Å²) in [5.74, 6) is 0.242. The van der Waals surface area contributed by atoms with E-state index in [4.69, 9.17) is 9.47 Å². The van der Waals surface area contributed by atoms with Gasteiger partial charge in [-0.25, -0.2) is 4.79 Å². The number of carbonyl (C=O) groups excluding carboxylic acids is 3. The van der Waals surface area contributed by atoms with E-state index >= 15 is 0 Å². The zero-order chi connectivity index (χ0) is 24.2. The van der Waals surface area contributed by atoms with Crippen molar-refractivity contribution in [3.63, 3.8) is 0 Å². The molecule has 0 spiro atoms. The van der Waals surface area contributed by atoms with Gasteiger partial charge in [0.1, 0.15) is 5.75 Å². The number of esters is 1. The summed E-state index contributed by atoms with van der Waals surface area (Å²) in [4.78, 5) is 38.7. The van der Waals surface area contributed by atoms with Gasteiger partial charge in [-0.15, -0.1) is 10.2 Å². The van der Waals surface area contributed by atoms with Gasteiger partial charge in [-0.2, -0.15) is 0 Å². The van der Waals surface area contributed by atoms with E-state index in [1.807, 2.05) is 31.2 Å². The second kappa shape index (κ2) is 9.96. The fraction of sp³-hybridized carbons (Fsp3) is 0.261. The number of anilines is 2. The van der Waals surface area contributed by atoms with Crippen molar-refractivity contribution in [3.8, 4) is 5.75 Å². The number of fused-ring (bicyclic) bond motifs is 1. The molecular formula is C23H23N5O5S.